The summed E-state index contributed by atoms with van der Waals surface area (Å²) in [7, 11) is 1.73. The molecule has 1 aromatic rings. The molecule has 0 atom stereocenters. The van der Waals surface area contributed by atoms with Gasteiger partial charge in [-0.2, -0.15) is 0 Å². The second-order valence-electron chi connectivity index (χ2n) is 3.47. The number of amides is 1. The molecule has 1 amide bonds. The van der Waals surface area contributed by atoms with Crippen molar-refractivity contribution in [3.05, 3.63) is 35.4 Å². The Morgan fingerprint density at radius 2 is 2.27 bits per heavy atom. The first kappa shape index (κ1) is 11.7. The van der Waals surface area contributed by atoms with Gasteiger partial charge in [0.2, 0.25) is 0 Å². The molecule has 0 aliphatic heterocycles. The summed E-state index contributed by atoms with van der Waals surface area (Å²) in [5.74, 6) is 4.88. The number of nitrogens with zero attached hydrogens (tertiary/aromatic N) is 1. The smallest absolute Gasteiger partial charge is 0.253 e. The molecule has 0 aromatic heterocycles. The second-order valence-corrected chi connectivity index (χ2v) is 3.47. The fourth-order valence-electron chi connectivity index (χ4n) is 1.29. The van der Waals surface area contributed by atoms with E-state index in [0.29, 0.717) is 18.7 Å². The van der Waals surface area contributed by atoms with Crippen molar-refractivity contribution >= 4 is 5.91 Å². The predicted octanol–water partition coefficient (Wildman–Crippen LogP) is 0.957. The number of likely N-dealkylation sites (N-methyl/N-ethyl adjacent to an activating group) is 1. The van der Waals surface area contributed by atoms with Gasteiger partial charge in [-0.3, -0.25) is 4.79 Å². The summed E-state index contributed by atoms with van der Waals surface area (Å²) in [6.45, 7) is 2.79. The van der Waals surface area contributed by atoms with Crippen LogP contribution in [0.1, 0.15) is 15.9 Å². The van der Waals surface area contributed by atoms with Crippen LogP contribution in [0.25, 0.3) is 0 Å². The fraction of sp³-hybridized carbons (Fsp3) is 0.364. The predicted molar refractivity (Wildman–Crippen MR) is 58.3 cm³/mol. The van der Waals surface area contributed by atoms with Gasteiger partial charge < -0.3 is 9.74 Å². The van der Waals surface area contributed by atoms with Gasteiger partial charge in [0.1, 0.15) is 0 Å². The Kier molecular flexibility index (Phi) is 4.27. The zero-order valence-corrected chi connectivity index (χ0v) is 9.06. The minimum absolute atomic E-state index is 0.0178. The summed E-state index contributed by atoms with van der Waals surface area (Å²) in [4.78, 5) is 17.8. The molecule has 0 spiro atoms. The van der Waals surface area contributed by atoms with Crippen LogP contribution in [-0.2, 0) is 4.84 Å². The van der Waals surface area contributed by atoms with Crippen LogP contribution in [0.15, 0.2) is 24.3 Å². The van der Waals surface area contributed by atoms with Crippen LogP contribution < -0.4 is 5.90 Å². The van der Waals surface area contributed by atoms with E-state index in [1.54, 1.807) is 18.0 Å². The lowest BCUT2D eigenvalue weighted by Crippen LogP contribution is -2.30. The molecule has 4 nitrogen and oxygen atoms in total. The molecule has 0 aliphatic carbocycles. The maximum atomic E-state index is 11.8. The van der Waals surface area contributed by atoms with Crippen molar-refractivity contribution in [2.45, 2.75) is 6.92 Å². The topological polar surface area (TPSA) is 55.6 Å². The first-order valence-corrected chi connectivity index (χ1v) is 4.79. The van der Waals surface area contributed by atoms with Gasteiger partial charge in [0.25, 0.3) is 5.91 Å². The van der Waals surface area contributed by atoms with Crippen molar-refractivity contribution in [2.24, 2.45) is 5.90 Å². The number of carbonyl (C=O) groups is 1. The summed E-state index contributed by atoms with van der Waals surface area (Å²) < 4.78 is 0. The van der Waals surface area contributed by atoms with Crippen molar-refractivity contribution in [1.82, 2.24) is 4.90 Å². The van der Waals surface area contributed by atoms with Crippen molar-refractivity contribution in [3.63, 3.8) is 0 Å². The molecule has 0 unspecified atom stereocenters. The van der Waals surface area contributed by atoms with E-state index in [1.807, 2.05) is 25.1 Å². The number of hydrogen-bond donors (Lipinski definition) is 1. The lowest BCUT2D eigenvalue weighted by molar-refractivity contribution is 0.0697. The molecule has 2 N–H and O–H groups in total. The Morgan fingerprint density at radius 1 is 1.53 bits per heavy atom. The average molecular weight is 208 g/mol. The molecule has 0 aliphatic rings. The Balaban J connectivity index is 2.67. The van der Waals surface area contributed by atoms with E-state index in [4.69, 9.17) is 5.90 Å². The van der Waals surface area contributed by atoms with Crippen molar-refractivity contribution in [3.8, 4) is 0 Å². The molecule has 1 aromatic carbocycles. The first-order valence-electron chi connectivity index (χ1n) is 4.79. The van der Waals surface area contributed by atoms with Gasteiger partial charge in [0.05, 0.1) is 6.61 Å². The lowest BCUT2D eigenvalue weighted by Gasteiger charge is -2.16. The summed E-state index contributed by atoms with van der Waals surface area (Å²) in [5, 5.41) is 0. The average Bonchev–Trinajstić information content (AvgIpc) is 2.24. The van der Waals surface area contributed by atoms with Gasteiger partial charge in [-0.1, -0.05) is 17.7 Å². The molecule has 15 heavy (non-hydrogen) atoms. The standard InChI is InChI=1S/C11H16N2O2/c1-9-4-3-5-10(8-9)11(14)13(2)6-7-15-12/h3-5,8H,6-7,12H2,1-2H3. The van der Waals surface area contributed by atoms with Crippen LogP contribution in [0.4, 0.5) is 0 Å². The Hall–Kier alpha value is -1.39. The maximum absolute atomic E-state index is 11.8. The molecule has 0 saturated carbocycles. The molecule has 0 radical (unpaired) electrons. The number of carbonyl (C=O) groups excluding carboxylic acids is 1. The minimum Gasteiger partial charge on any atom is -0.339 e. The maximum Gasteiger partial charge on any atom is 0.253 e. The van der Waals surface area contributed by atoms with E-state index in [0.717, 1.165) is 5.56 Å². The molecule has 82 valence electrons. The highest BCUT2D eigenvalue weighted by molar-refractivity contribution is 5.94. The van der Waals surface area contributed by atoms with Crippen LogP contribution >= 0.6 is 0 Å². The van der Waals surface area contributed by atoms with E-state index in [-0.39, 0.29) is 5.91 Å². The van der Waals surface area contributed by atoms with Crippen molar-refractivity contribution in [1.29, 1.82) is 0 Å². The van der Waals surface area contributed by atoms with E-state index < -0.39 is 0 Å². The van der Waals surface area contributed by atoms with Gasteiger partial charge in [-0.15, -0.1) is 0 Å². The van der Waals surface area contributed by atoms with Gasteiger partial charge >= 0.3 is 0 Å². The molecular formula is C11H16N2O2. The Bertz CT molecular complexity index is 339. The number of aryl methyl sites for hydroxylation is 1. The van der Waals surface area contributed by atoms with Crippen LogP contribution in [0, 0.1) is 6.92 Å². The fourth-order valence-corrected chi connectivity index (χ4v) is 1.29. The van der Waals surface area contributed by atoms with Gasteiger partial charge in [0, 0.05) is 19.2 Å². The van der Waals surface area contributed by atoms with Gasteiger partial charge in [-0.25, -0.2) is 5.90 Å². The van der Waals surface area contributed by atoms with Gasteiger partial charge in [0.15, 0.2) is 0 Å². The third kappa shape index (κ3) is 3.34. The molecule has 1 rings (SSSR count). The van der Waals surface area contributed by atoms with Crippen LogP contribution in [0.3, 0.4) is 0 Å². The van der Waals surface area contributed by atoms with Gasteiger partial charge in [-0.05, 0) is 19.1 Å². The Labute approximate surface area is 89.6 Å². The third-order valence-corrected chi connectivity index (χ3v) is 2.16. The van der Waals surface area contributed by atoms with Crippen molar-refractivity contribution in [2.75, 3.05) is 20.2 Å². The zero-order valence-electron chi connectivity index (χ0n) is 9.06. The summed E-state index contributed by atoms with van der Waals surface area (Å²) >= 11 is 0. The highest BCUT2D eigenvalue weighted by Gasteiger charge is 2.10. The second kappa shape index (κ2) is 5.48. The first-order chi connectivity index (χ1) is 7.15. The highest BCUT2D eigenvalue weighted by Crippen LogP contribution is 2.06. The van der Waals surface area contributed by atoms with E-state index in [9.17, 15) is 4.79 Å². The van der Waals surface area contributed by atoms with E-state index in [2.05, 4.69) is 4.84 Å². The summed E-state index contributed by atoms with van der Waals surface area (Å²) in [5.41, 5.74) is 1.76. The number of benzene rings is 1. The number of nitrogens with two attached hydrogens (primary N) is 1. The molecule has 0 saturated heterocycles. The van der Waals surface area contributed by atoms with Crippen LogP contribution in [0.5, 0.6) is 0 Å². The quantitative estimate of drug-likeness (QED) is 0.750. The van der Waals surface area contributed by atoms with Crippen LogP contribution in [-0.4, -0.2) is 31.0 Å². The number of rotatable bonds is 4. The van der Waals surface area contributed by atoms with Crippen molar-refractivity contribution < 1.29 is 9.63 Å². The molecule has 0 bridgehead atoms. The molecule has 0 fully saturated rings. The minimum atomic E-state index is -0.0178. The number of hydrogen-bond acceptors (Lipinski definition) is 3. The summed E-state index contributed by atoms with van der Waals surface area (Å²) in [6, 6.07) is 7.49. The zero-order chi connectivity index (χ0) is 11.3. The van der Waals surface area contributed by atoms with Crippen LogP contribution in [0.2, 0.25) is 0 Å². The van der Waals surface area contributed by atoms with E-state index in [1.165, 1.54) is 0 Å². The lowest BCUT2D eigenvalue weighted by atomic mass is 10.1. The monoisotopic (exact) mass is 208 g/mol. The molecular weight excluding hydrogens is 192 g/mol. The third-order valence-electron chi connectivity index (χ3n) is 2.16. The molecule has 4 heteroatoms. The molecule has 0 heterocycles. The largest absolute Gasteiger partial charge is 0.339 e. The highest BCUT2D eigenvalue weighted by atomic mass is 16.6. The van der Waals surface area contributed by atoms with E-state index >= 15 is 0 Å². The summed E-state index contributed by atoms with van der Waals surface area (Å²) in [6.07, 6.45) is 0. The Morgan fingerprint density at radius 3 is 2.87 bits per heavy atom. The normalized spacial score (nSPS) is 10.1. The SMILES string of the molecule is Cc1cccc(C(=O)N(C)CCON)c1.